The fraction of sp³-hybridized carbons (Fsp3) is 0.308. The molecule has 0 radical (unpaired) electrons. The lowest BCUT2D eigenvalue weighted by Crippen LogP contribution is -2.44. The van der Waals surface area contributed by atoms with Crippen molar-refractivity contribution in [2.75, 3.05) is 18.4 Å². The number of benzene rings is 2. The molecule has 1 aromatic heterocycles. The summed E-state index contributed by atoms with van der Waals surface area (Å²) < 4.78 is 79.3. The number of halogens is 6. The molecule has 3 amide bonds. The molecule has 0 aliphatic carbocycles. The monoisotopic (exact) mass is 557 g/mol. The van der Waals surface area contributed by atoms with Crippen LogP contribution in [0.4, 0.5) is 36.8 Å². The second-order valence-electron chi connectivity index (χ2n) is 8.46. The minimum atomic E-state index is -5.06. The van der Waals surface area contributed by atoms with Crippen LogP contribution in [-0.2, 0) is 30.2 Å². The number of anilines is 1. The van der Waals surface area contributed by atoms with Gasteiger partial charge in [-0.25, -0.2) is 4.79 Å². The van der Waals surface area contributed by atoms with E-state index in [2.05, 4.69) is 5.32 Å². The van der Waals surface area contributed by atoms with E-state index in [4.69, 9.17) is 0 Å². The Bertz CT molecular complexity index is 1180. The van der Waals surface area contributed by atoms with E-state index < -0.39 is 47.6 Å². The maximum atomic E-state index is 13.3. The summed E-state index contributed by atoms with van der Waals surface area (Å²) in [5.74, 6) is -0.425. The van der Waals surface area contributed by atoms with Gasteiger partial charge in [-0.1, -0.05) is 43.3 Å². The summed E-state index contributed by atoms with van der Waals surface area (Å²) in [6.07, 6.45) is -9.71. The predicted octanol–water partition coefficient (Wildman–Crippen LogP) is 7.26. The third-order valence-electron chi connectivity index (χ3n) is 5.44. The molecule has 3 rings (SSSR count). The highest BCUT2D eigenvalue weighted by atomic mass is 32.1. The molecular formula is C26H25F6N3O2S. The van der Waals surface area contributed by atoms with Crippen molar-refractivity contribution in [3.63, 3.8) is 0 Å². The van der Waals surface area contributed by atoms with Crippen LogP contribution in [0.2, 0.25) is 0 Å². The summed E-state index contributed by atoms with van der Waals surface area (Å²) in [5, 5.41) is 3.97. The van der Waals surface area contributed by atoms with Crippen LogP contribution in [0.1, 0.15) is 34.9 Å². The van der Waals surface area contributed by atoms with Crippen LogP contribution < -0.4 is 5.32 Å². The predicted molar refractivity (Wildman–Crippen MR) is 132 cm³/mol. The first-order chi connectivity index (χ1) is 17.9. The largest absolute Gasteiger partial charge is 0.416 e. The van der Waals surface area contributed by atoms with E-state index in [1.807, 2.05) is 47.8 Å². The van der Waals surface area contributed by atoms with E-state index in [0.29, 0.717) is 18.6 Å². The normalized spacial score (nSPS) is 11.8. The molecule has 2 aromatic carbocycles. The molecule has 0 saturated carbocycles. The van der Waals surface area contributed by atoms with E-state index in [9.17, 15) is 35.9 Å². The van der Waals surface area contributed by atoms with Crippen molar-refractivity contribution < 1.29 is 35.9 Å². The van der Waals surface area contributed by atoms with E-state index >= 15 is 0 Å². The molecule has 0 aliphatic heterocycles. The van der Waals surface area contributed by atoms with Crippen LogP contribution in [0.15, 0.2) is 66.0 Å². The quantitative estimate of drug-likeness (QED) is 0.282. The van der Waals surface area contributed by atoms with Gasteiger partial charge in [-0.15, -0.1) is 11.3 Å². The maximum Gasteiger partial charge on any atom is 0.416 e. The van der Waals surface area contributed by atoms with Gasteiger partial charge in [-0.2, -0.15) is 26.3 Å². The molecule has 38 heavy (non-hydrogen) atoms. The fourth-order valence-electron chi connectivity index (χ4n) is 3.64. The number of nitrogens with one attached hydrogen (secondary N) is 1. The number of carbonyl (C=O) groups excluding carboxylic acids is 2. The Morgan fingerprint density at radius 3 is 2.00 bits per heavy atom. The lowest BCUT2D eigenvalue weighted by atomic mass is 10.1. The van der Waals surface area contributed by atoms with Crippen LogP contribution in [0.25, 0.3) is 0 Å². The Kier molecular flexibility index (Phi) is 9.42. The summed E-state index contributed by atoms with van der Waals surface area (Å²) in [4.78, 5) is 29.8. The standard InChI is InChI=1S/C26H25F6N3O2S/c1-2-10-34(24(37)33-21-13-19(25(27,28)29)12-20(14-21)26(30,31)32)17-23(36)35(16-22-9-6-11-38-22)15-18-7-4-3-5-8-18/h3-9,11-14H,2,10,15-17H2,1H3,(H,33,37). The summed E-state index contributed by atoms with van der Waals surface area (Å²) in [6, 6.07) is 12.7. The number of hydrogen-bond donors (Lipinski definition) is 1. The Balaban J connectivity index is 1.81. The molecule has 1 N–H and O–H groups in total. The van der Waals surface area contributed by atoms with Crippen LogP contribution in [0.5, 0.6) is 0 Å². The average molecular weight is 558 g/mol. The van der Waals surface area contributed by atoms with Crippen LogP contribution in [-0.4, -0.2) is 34.8 Å². The number of rotatable bonds is 9. The van der Waals surface area contributed by atoms with Crippen molar-refractivity contribution in [1.29, 1.82) is 0 Å². The van der Waals surface area contributed by atoms with Crippen molar-refractivity contribution >= 4 is 29.0 Å². The Labute approximate surface area is 219 Å². The third kappa shape index (κ3) is 8.23. The Hall–Kier alpha value is -3.54. The molecule has 0 saturated heterocycles. The molecule has 0 aliphatic rings. The van der Waals surface area contributed by atoms with Gasteiger partial charge >= 0.3 is 18.4 Å². The third-order valence-corrected chi connectivity index (χ3v) is 6.30. The first-order valence-corrected chi connectivity index (χ1v) is 12.4. The molecular weight excluding hydrogens is 532 g/mol. The second-order valence-corrected chi connectivity index (χ2v) is 9.49. The first-order valence-electron chi connectivity index (χ1n) is 11.6. The molecule has 0 atom stereocenters. The minimum Gasteiger partial charge on any atom is -0.332 e. The molecule has 0 unspecified atom stereocenters. The highest BCUT2D eigenvalue weighted by Gasteiger charge is 2.37. The lowest BCUT2D eigenvalue weighted by Gasteiger charge is -2.28. The SMILES string of the molecule is CCCN(CC(=O)N(Cc1ccccc1)Cc1cccs1)C(=O)Nc1cc(C(F)(F)F)cc(C(F)(F)F)c1. The van der Waals surface area contributed by atoms with Crippen molar-refractivity contribution in [1.82, 2.24) is 9.80 Å². The van der Waals surface area contributed by atoms with Gasteiger partial charge < -0.3 is 15.1 Å². The zero-order chi connectivity index (χ0) is 27.9. The average Bonchev–Trinajstić information content (AvgIpc) is 3.36. The van der Waals surface area contributed by atoms with E-state index in [-0.39, 0.29) is 25.7 Å². The van der Waals surface area contributed by atoms with Gasteiger partial charge in [0.1, 0.15) is 6.54 Å². The summed E-state index contributed by atoms with van der Waals surface area (Å²) in [5.41, 5.74) is -2.92. The Morgan fingerprint density at radius 1 is 0.842 bits per heavy atom. The number of nitrogens with zero attached hydrogens (tertiary/aromatic N) is 2. The van der Waals surface area contributed by atoms with Gasteiger partial charge in [0.05, 0.1) is 17.7 Å². The number of amides is 3. The highest BCUT2D eigenvalue weighted by molar-refractivity contribution is 7.09. The van der Waals surface area contributed by atoms with E-state index in [1.165, 1.54) is 11.3 Å². The van der Waals surface area contributed by atoms with Crippen molar-refractivity contribution in [3.8, 4) is 0 Å². The molecule has 0 spiro atoms. The van der Waals surface area contributed by atoms with Gasteiger partial charge in [-0.3, -0.25) is 4.79 Å². The number of alkyl halides is 6. The maximum absolute atomic E-state index is 13.3. The number of carbonyl (C=O) groups is 2. The molecule has 3 aromatic rings. The zero-order valence-electron chi connectivity index (χ0n) is 20.3. The lowest BCUT2D eigenvalue weighted by molar-refractivity contribution is -0.143. The molecule has 5 nitrogen and oxygen atoms in total. The first kappa shape index (κ1) is 29.0. The van der Waals surface area contributed by atoms with Crippen molar-refractivity contribution in [2.45, 2.75) is 38.8 Å². The Morgan fingerprint density at radius 2 is 1.47 bits per heavy atom. The van der Waals surface area contributed by atoms with Gasteiger partial charge in [0.2, 0.25) is 5.91 Å². The number of urea groups is 1. The zero-order valence-corrected chi connectivity index (χ0v) is 21.1. The van der Waals surface area contributed by atoms with Crippen LogP contribution in [0, 0.1) is 0 Å². The highest BCUT2D eigenvalue weighted by Crippen LogP contribution is 2.37. The molecule has 0 fully saturated rings. The number of thiophene rings is 1. The van der Waals surface area contributed by atoms with Gasteiger partial charge in [-0.05, 0) is 41.6 Å². The van der Waals surface area contributed by atoms with Crippen LogP contribution in [0.3, 0.4) is 0 Å². The minimum absolute atomic E-state index is 0.0188. The fourth-order valence-corrected chi connectivity index (χ4v) is 4.36. The molecule has 204 valence electrons. The van der Waals surface area contributed by atoms with Gasteiger partial charge in [0, 0.05) is 23.7 Å². The van der Waals surface area contributed by atoms with Crippen LogP contribution >= 0.6 is 11.3 Å². The summed E-state index contributed by atoms with van der Waals surface area (Å²) in [6.45, 7) is 1.89. The van der Waals surface area contributed by atoms with E-state index in [1.54, 1.807) is 11.8 Å². The molecule has 0 bridgehead atoms. The molecule has 12 heteroatoms. The topological polar surface area (TPSA) is 52.7 Å². The second kappa shape index (κ2) is 12.3. The van der Waals surface area contributed by atoms with Gasteiger partial charge in [0.25, 0.3) is 0 Å². The summed E-state index contributed by atoms with van der Waals surface area (Å²) in [7, 11) is 0. The van der Waals surface area contributed by atoms with E-state index in [0.717, 1.165) is 15.3 Å². The van der Waals surface area contributed by atoms with Gasteiger partial charge in [0.15, 0.2) is 0 Å². The molecule has 1 heterocycles. The number of hydrogen-bond acceptors (Lipinski definition) is 3. The summed E-state index contributed by atoms with van der Waals surface area (Å²) >= 11 is 1.45. The smallest absolute Gasteiger partial charge is 0.332 e. The van der Waals surface area contributed by atoms with Crippen molar-refractivity contribution in [2.24, 2.45) is 0 Å². The van der Waals surface area contributed by atoms with Crippen molar-refractivity contribution in [3.05, 3.63) is 87.6 Å².